The van der Waals surface area contributed by atoms with E-state index in [0.29, 0.717) is 5.71 Å². The third-order valence-corrected chi connectivity index (χ3v) is 10.8. The molecule has 0 fully saturated rings. The Labute approximate surface area is 271 Å². The molecule has 7 aromatic carbocycles. The zero-order valence-corrected chi connectivity index (χ0v) is 25.8. The molecular formula is C42H23N3OS. The van der Waals surface area contributed by atoms with E-state index in [1.54, 1.807) is 0 Å². The summed E-state index contributed by atoms with van der Waals surface area (Å²) in [5.41, 5.74) is 6.19. The molecule has 4 heterocycles. The van der Waals surface area contributed by atoms with Gasteiger partial charge >= 0.3 is 0 Å². The molecule has 0 atom stereocenters. The number of hydrogen-bond acceptors (Lipinski definition) is 4. The van der Waals surface area contributed by atoms with Crippen LogP contribution >= 0.6 is 11.3 Å². The Balaban J connectivity index is 1.37. The Morgan fingerprint density at radius 1 is 0.532 bits per heavy atom. The number of nitrogens with zero attached hydrogens (tertiary/aromatic N) is 3. The van der Waals surface area contributed by atoms with Crippen molar-refractivity contribution in [2.45, 2.75) is 0 Å². The summed E-state index contributed by atoms with van der Waals surface area (Å²) in [6, 6.07) is 49.6. The van der Waals surface area contributed by atoms with Gasteiger partial charge in [-0.25, -0.2) is 4.98 Å². The van der Waals surface area contributed by atoms with E-state index >= 15 is 0 Å². The fourth-order valence-corrected chi connectivity index (χ4v) is 8.68. The van der Waals surface area contributed by atoms with Crippen LogP contribution in [0.4, 0.5) is 0 Å². The van der Waals surface area contributed by atoms with Gasteiger partial charge in [0.2, 0.25) is 5.71 Å². The Morgan fingerprint density at radius 2 is 1.26 bits per heavy atom. The van der Waals surface area contributed by atoms with Crippen molar-refractivity contribution in [2.24, 2.45) is 0 Å². The van der Waals surface area contributed by atoms with Gasteiger partial charge in [0.25, 0.3) is 0 Å². The van der Waals surface area contributed by atoms with Crippen LogP contribution in [0.3, 0.4) is 0 Å². The highest BCUT2D eigenvalue weighted by atomic mass is 32.1. The molecule has 0 aliphatic rings. The van der Waals surface area contributed by atoms with E-state index in [9.17, 15) is 0 Å². The van der Waals surface area contributed by atoms with Crippen LogP contribution in [0.15, 0.2) is 144 Å². The molecule has 4 aromatic heterocycles. The highest BCUT2D eigenvalue weighted by molar-refractivity contribution is 7.26. The SMILES string of the molecule is c1ccc2cc3c(cc2c1)c1ccc2ccccc2c1n3-c1nc2oc3ccccc3c2nc1-c1cccc2c1sc1ccccc12. The Morgan fingerprint density at radius 3 is 2.15 bits per heavy atom. The van der Waals surface area contributed by atoms with E-state index < -0.39 is 0 Å². The van der Waals surface area contributed by atoms with Crippen LogP contribution in [0, 0.1) is 0 Å². The maximum atomic E-state index is 6.42. The van der Waals surface area contributed by atoms with Crippen LogP contribution in [0.5, 0.6) is 0 Å². The Bertz CT molecular complexity index is 3090. The summed E-state index contributed by atoms with van der Waals surface area (Å²) >= 11 is 1.81. The van der Waals surface area contributed by atoms with Crippen molar-refractivity contribution in [1.82, 2.24) is 14.5 Å². The van der Waals surface area contributed by atoms with E-state index in [2.05, 4.69) is 126 Å². The predicted molar refractivity (Wildman–Crippen MR) is 197 cm³/mol. The van der Waals surface area contributed by atoms with Crippen LogP contribution in [0.2, 0.25) is 0 Å². The number of aromatic nitrogens is 3. The van der Waals surface area contributed by atoms with Gasteiger partial charge in [-0.05, 0) is 46.5 Å². The smallest absolute Gasteiger partial charge is 0.248 e. The lowest BCUT2D eigenvalue weighted by Crippen LogP contribution is -2.03. The zero-order chi connectivity index (χ0) is 30.6. The van der Waals surface area contributed by atoms with Gasteiger partial charge in [-0.2, -0.15) is 4.98 Å². The number of fused-ring (bicyclic) bond motifs is 12. The minimum absolute atomic E-state index is 0.532. The molecule has 218 valence electrons. The van der Waals surface area contributed by atoms with E-state index in [1.165, 1.54) is 52.5 Å². The lowest BCUT2D eigenvalue weighted by Gasteiger charge is -2.14. The van der Waals surface area contributed by atoms with E-state index in [0.717, 1.165) is 44.6 Å². The van der Waals surface area contributed by atoms with Crippen molar-refractivity contribution >= 4 is 97.1 Å². The van der Waals surface area contributed by atoms with Crippen LogP contribution in [-0.2, 0) is 0 Å². The van der Waals surface area contributed by atoms with Crippen molar-refractivity contribution in [3.63, 3.8) is 0 Å². The maximum absolute atomic E-state index is 6.42. The van der Waals surface area contributed by atoms with Crippen molar-refractivity contribution in [3.05, 3.63) is 140 Å². The van der Waals surface area contributed by atoms with E-state index in [4.69, 9.17) is 14.4 Å². The van der Waals surface area contributed by atoms with Crippen LogP contribution < -0.4 is 0 Å². The predicted octanol–water partition coefficient (Wildman–Crippen LogP) is 11.8. The van der Waals surface area contributed by atoms with Crippen molar-refractivity contribution in [1.29, 1.82) is 0 Å². The number of thiophene rings is 1. The molecule has 4 nitrogen and oxygen atoms in total. The summed E-state index contributed by atoms with van der Waals surface area (Å²) in [6.07, 6.45) is 0. The lowest BCUT2D eigenvalue weighted by molar-refractivity contribution is 0.652. The van der Waals surface area contributed by atoms with Gasteiger partial charge < -0.3 is 4.42 Å². The number of furan rings is 1. The summed E-state index contributed by atoms with van der Waals surface area (Å²) in [6.45, 7) is 0. The molecule has 0 saturated heterocycles. The lowest BCUT2D eigenvalue weighted by atomic mass is 10.0. The summed E-state index contributed by atoms with van der Waals surface area (Å²) < 4.78 is 11.2. The maximum Gasteiger partial charge on any atom is 0.248 e. The number of para-hydroxylation sites is 1. The zero-order valence-electron chi connectivity index (χ0n) is 24.9. The average molecular weight is 618 g/mol. The summed E-state index contributed by atoms with van der Waals surface area (Å²) in [4.78, 5) is 10.9. The molecule has 0 amide bonds. The number of rotatable bonds is 2. The first-order valence-corrected chi connectivity index (χ1v) is 16.6. The van der Waals surface area contributed by atoms with Crippen LogP contribution in [0.1, 0.15) is 0 Å². The van der Waals surface area contributed by atoms with Gasteiger partial charge in [-0.3, -0.25) is 4.57 Å². The molecule has 0 saturated carbocycles. The third-order valence-electron chi connectivity index (χ3n) is 9.58. The molecular weight excluding hydrogens is 595 g/mol. The monoisotopic (exact) mass is 617 g/mol. The largest absolute Gasteiger partial charge is 0.436 e. The van der Waals surface area contributed by atoms with Gasteiger partial charge in [-0.15, -0.1) is 11.3 Å². The van der Waals surface area contributed by atoms with Gasteiger partial charge in [0.15, 0.2) is 5.82 Å². The molecule has 0 N–H and O–H groups in total. The highest BCUT2D eigenvalue weighted by Gasteiger charge is 2.24. The fourth-order valence-electron chi connectivity index (χ4n) is 7.47. The quantitative estimate of drug-likeness (QED) is 0.194. The summed E-state index contributed by atoms with van der Waals surface area (Å²) in [7, 11) is 0. The molecule has 0 spiro atoms. The van der Waals surface area contributed by atoms with Crippen LogP contribution in [0.25, 0.3) is 103 Å². The van der Waals surface area contributed by atoms with Crippen molar-refractivity contribution in [3.8, 4) is 17.1 Å². The molecule has 0 aliphatic heterocycles. The minimum Gasteiger partial charge on any atom is -0.436 e. The third kappa shape index (κ3) is 3.46. The molecule has 0 bridgehead atoms. The standard InChI is InChI=1S/C42H23N3OS/c1-2-12-26-23-34-33(22-25(26)11-1)29-21-20-24-10-3-4-13-27(24)39(29)45(34)41-37(43-38-31-15-5-7-18-35(31)46-42(38)44-41)32-17-9-16-30-28-14-6-8-19-36(28)47-40(30)32/h1-23H. The van der Waals surface area contributed by atoms with Crippen LogP contribution in [-0.4, -0.2) is 14.5 Å². The number of hydrogen-bond donors (Lipinski definition) is 0. The molecule has 0 radical (unpaired) electrons. The van der Waals surface area contributed by atoms with Crippen molar-refractivity contribution in [2.75, 3.05) is 0 Å². The van der Waals surface area contributed by atoms with Gasteiger partial charge in [0.1, 0.15) is 16.8 Å². The Kier molecular flexibility index (Phi) is 4.96. The van der Waals surface area contributed by atoms with Gasteiger partial charge in [0.05, 0.1) is 11.0 Å². The molecule has 0 unspecified atom stereocenters. The second-order valence-electron chi connectivity index (χ2n) is 12.2. The van der Waals surface area contributed by atoms with Crippen molar-refractivity contribution < 1.29 is 4.42 Å². The first-order chi connectivity index (χ1) is 23.3. The van der Waals surface area contributed by atoms with E-state index in [-0.39, 0.29) is 0 Å². The van der Waals surface area contributed by atoms with E-state index in [1.807, 2.05) is 29.5 Å². The molecule has 11 rings (SSSR count). The number of benzene rings is 7. The summed E-state index contributed by atoms with van der Waals surface area (Å²) in [5, 5.41) is 10.6. The first kappa shape index (κ1) is 25.2. The van der Waals surface area contributed by atoms with Gasteiger partial charge in [0, 0.05) is 47.3 Å². The second-order valence-corrected chi connectivity index (χ2v) is 13.2. The average Bonchev–Trinajstić information content (AvgIpc) is 3.79. The molecule has 11 aromatic rings. The van der Waals surface area contributed by atoms with Gasteiger partial charge in [-0.1, -0.05) is 109 Å². The highest BCUT2D eigenvalue weighted by Crippen LogP contribution is 2.44. The second kappa shape index (κ2) is 9.25. The normalized spacial score (nSPS) is 12.3. The minimum atomic E-state index is 0.532. The first-order valence-electron chi connectivity index (χ1n) is 15.8. The fraction of sp³-hybridized carbons (Fsp3) is 0. The summed E-state index contributed by atoms with van der Waals surface area (Å²) in [5.74, 6) is 0.758. The topological polar surface area (TPSA) is 43.9 Å². The molecule has 47 heavy (non-hydrogen) atoms. The molecule has 5 heteroatoms. The molecule has 0 aliphatic carbocycles. The Hall–Kier alpha value is -6.04.